The first-order valence-corrected chi connectivity index (χ1v) is 8.11. The minimum Gasteiger partial charge on any atom is -0.492 e. The molecule has 1 N–H and O–H groups in total. The lowest BCUT2D eigenvalue weighted by Gasteiger charge is -2.18. The van der Waals surface area contributed by atoms with Crippen molar-refractivity contribution >= 4 is 11.7 Å². The van der Waals surface area contributed by atoms with Crippen molar-refractivity contribution in [3.8, 4) is 11.5 Å². The number of benzene rings is 2. The average molecular weight is 344 g/mol. The van der Waals surface area contributed by atoms with Crippen molar-refractivity contribution in [1.82, 2.24) is 4.90 Å². The van der Waals surface area contributed by atoms with Crippen LogP contribution >= 0.6 is 0 Å². The van der Waals surface area contributed by atoms with E-state index in [4.69, 9.17) is 14.2 Å². The Kier molecular flexibility index (Phi) is 7.59. The summed E-state index contributed by atoms with van der Waals surface area (Å²) in [6, 6.07) is 16.6. The zero-order chi connectivity index (χ0) is 17.9. The first kappa shape index (κ1) is 18.6. The number of ether oxygens (including phenoxy) is 3. The molecule has 0 aliphatic rings. The molecule has 2 amide bonds. The van der Waals surface area contributed by atoms with Crippen molar-refractivity contribution in [2.45, 2.75) is 0 Å². The third-order valence-corrected chi connectivity index (χ3v) is 3.45. The minimum absolute atomic E-state index is 0.190. The van der Waals surface area contributed by atoms with Gasteiger partial charge in [0.25, 0.3) is 0 Å². The van der Waals surface area contributed by atoms with Crippen molar-refractivity contribution in [2.24, 2.45) is 0 Å². The lowest BCUT2D eigenvalue weighted by atomic mass is 10.3. The highest BCUT2D eigenvalue weighted by atomic mass is 16.5. The molecule has 134 valence electrons. The molecule has 0 aromatic heterocycles. The quantitative estimate of drug-likeness (QED) is 0.710. The Balaban J connectivity index is 1.72. The number of likely N-dealkylation sites (N-methyl/N-ethyl adjacent to an activating group) is 1. The van der Waals surface area contributed by atoms with Crippen LogP contribution in [-0.2, 0) is 4.74 Å². The van der Waals surface area contributed by atoms with Crippen molar-refractivity contribution in [3.05, 3.63) is 54.6 Å². The van der Waals surface area contributed by atoms with Crippen LogP contribution in [0.15, 0.2) is 54.6 Å². The van der Waals surface area contributed by atoms with Gasteiger partial charge >= 0.3 is 6.03 Å². The first-order chi connectivity index (χ1) is 12.2. The average Bonchev–Trinajstić information content (AvgIpc) is 2.64. The van der Waals surface area contributed by atoms with Gasteiger partial charge in [0.15, 0.2) is 0 Å². The summed E-state index contributed by atoms with van der Waals surface area (Å²) in [4.78, 5) is 13.7. The number of anilines is 1. The highest BCUT2D eigenvalue weighted by molar-refractivity contribution is 5.89. The standard InChI is InChI=1S/C19H24N2O4/c1-21(12-13-24-17-6-4-3-5-7-17)19(22)20-16-8-10-18(11-9-16)25-15-14-23-2/h3-11H,12-15H2,1-2H3,(H,20,22). The van der Waals surface area contributed by atoms with E-state index >= 15 is 0 Å². The van der Waals surface area contributed by atoms with Crippen LogP contribution in [0.25, 0.3) is 0 Å². The van der Waals surface area contributed by atoms with Crippen LogP contribution < -0.4 is 14.8 Å². The van der Waals surface area contributed by atoms with E-state index in [1.54, 1.807) is 31.2 Å². The molecule has 0 fully saturated rings. The number of carbonyl (C=O) groups is 1. The summed E-state index contributed by atoms with van der Waals surface area (Å²) in [5.74, 6) is 1.53. The van der Waals surface area contributed by atoms with Crippen molar-refractivity contribution in [3.63, 3.8) is 0 Å². The lowest BCUT2D eigenvalue weighted by molar-refractivity contribution is 0.146. The second-order valence-electron chi connectivity index (χ2n) is 5.38. The fourth-order valence-electron chi connectivity index (χ4n) is 2.01. The zero-order valence-corrected chi connectivity index (χ0v) is 14.6. The van der Waals surface area contributed by atoms with Gasteiger partial charge in [-0.05, 0) is 36.4 Å². The number of hydrogen-bond donors (Lipinski definition) is 1. The predicted molar refractivity (Wildman–Crippen MR) is 97.4 cm³/mol. The highest BCUT2D eigenvalue weighted by Gasteiger charge is 2.09. The lowest BCUT2D eigenvalue weighted by Crippen LogP contribution is -2.34. The maximum absolute atomic E-state index is 12.2. The SMILES string of the molecule is COCCOc1ccc(NC(=O)N(C)CCOc2ccccc2)cc1. The Bertz CT molecular complexity index is 632. The van der Waals surface area contributed by atoms with Gasteiger partial charge in [0.05, 0.1) is 13.2 Å². The summed E-state index contributed by atoms with van der Waals surface area (Å²) in [5.41, 5.74) is 0.708. The van der Waals surface area contributed by atoms with Gasteiger partial charge in [0, 0.05) is 19.8 Å². The number of carbonyl (C=O) groups excluding carboxylic acids is 1. The van der Waals surface area contributed by atoms with Crippen LogP contribution in [0.4, 0.5) is 10.5 Å². The van der Waals surface area contributed by atoms with Crippen LogP contribution in [0.5, 0.6) is 11.5 Å². The summed E-state index contributed by atoms with van der Waals surface area (Å²) < 4.78 is 16.0. The fourth-order valence-corrected chi connectivity index (χ4v) is 2.01. The Labute approximate surface area is 148 Å². The molecule has 2 rings (SSSR count). The topological polar surface area (TPSA) is 60.0 Å². The molecular weight excluding hydrogens is 320 g/mol. The Morgan fingerprint density at radius 3 is 2.24 bits per heavy atom. The third-order valence-electron chi connectivity index (χ3n) is 3.45. The first-order valence-electron chi connectivity index (χ1n) is 8.11. The summed E-state index contributed by atoms with van der Waals surface area (Å²) in [7, 11) is 3.36. The molecular formula is C19H24N2O4. The largest absolute Gasteiger partial charge is 0.492 e. The van der Waals surface area contributed by atoms with E-state index in [0.29, 0.717) is 32.1 Å². The molecule has 0 aliphatic carbocycles. The molecule has 0 spiro atoms. The summed E-state index contributed by atoms with van der Waals surface area (Å²) in [6.07, 6.45) is 0. The van der Waals surface area contributed by atoms with Gasteiger partial charge in [-0.15, -0.1) is 0 Å². The number of methoxy groups -OCH3 is 1. The molecule has 0 saturated carbocycles. The second kappa shape index (κ2) is 10.2. The molecule has 0 heterocycles. The molecule has 25 heavy (non-hydrogen) atoms. The number of amides is 2. The van der Waals surface area contributed by atoms with E-state index in [2.05, 4.69) is 5.32 Å². The molecule has 0 bridgehead atoms. The third kappa shape index (κ3) is 6.73. The van der Waals surface area contributed by atoms with Gasteiger partial charge in [0.2, 0.25) is 0 Å². The second-order valence-corrected chi connectivity index (χ2v) is 5.38. The van der Waals surface area contributed by atoms with Crippen LogP contribution in [0.2, 0.25) is 0 Å². The van der Waals surface area contributed by atoms with E-state index in [1.807, 2.05) is 42.5 Å². The van der Waals surface area contributed by atoms with Crippen molar-refractivity contribution in [1.29, 1.82) is 0 Å². The van der Waals surface area contributed by atoms with Gasteiger partial charge in [-0.3, -0.25) is 0 Å². The van der Waals surface area contributed by atoms with Crippen LogP contribution in [0.1, 0.15) is 0 Å². The molecule has 0 aliphatic heterocycles. The highest BCUT2D eigenvalue weighted by Crippen LogP contribution is 2.16. The Morgan fingerprint density at radius 2 is 1.56 bits per heavy atom. The number of para-hydroxylation sites is 1. The number of nitrogens with one attached hydrogen (secondary N) is 1. The monoisotopic (exact) mass is 344 g/mol. The van der Waals surface area contributed by atoms with E-state index in [9.17, 15) is 4.79 Å². The zero-order valence-electron chi connectivity index (χ0n) is 14.6. The molecule has 2 aromatic carbocycles. The molecule has 0 radical (unpaired) electrons. The van der Waals surface area contributed by atoms with Crippen molar-refractivity contribution < 1.29 is 19.0 Å². The van der Waals surface area contributed by atoms with Gasteiger partial charge in [-0.25, -0.2) is 4.79 Å². The summed E-state index contributed by atoms with van der Waals surface area (Å²) in [5, 5.41) is 2.84. The van der Waals surface area contributed by atoms with E-state index < -0.39 is 0 Å². The smallest absolute Gasteiger partial charge is 0.321 e. The van der Waals surface area contributed by atoms with Crippen LogP contribution in [0.3, 0.4) is 0 Å². The number of urea groups is 1. The summed E-state index contributed by atoms with van der Waals surface area (Å²) >= 11 is 0. The van der Waals surface area contributed by atoms with Gasteiger partial charge in [-0.2, -0.15) is 0 Å². The molecule has 2 aromatic rings. The molecule has 0 saturated heterocycles. The maximum atomic E-state index is 12.2. The normalized spacial score (nSPS) is 10.2. The van der Waals surface area contributed by atoms with E-state index in [-0.39, 0.29) is 6.03 Å². The van der Waals surface area contributed by atoms with E-state index in [1.165, 1.54) is 0 Å². The molecule has 0 unspecified atom stereocenters. The van der Waals surface area contributed by atoms with Crippen LogP contribution in [0, 0.1) is 0 Å². The maximum Gasteiger partial charge on any atom is 0.321 e. The molecule has 6 nitrogen and oxygen atoms in total. The number of hydrogen-bond acceptors (Lipinski definition) is 4. The Hall–Kier alpha value is -2.73. The predicted octanol–water partition coefficient (Wildman–Crippen LogP) is 3.25. The fraction of sp³-hybridized carbons (Fsp3) is 0.316. The minimum atomic E-state index is -0.190. The summed E-state index contributed by atoms with van der Waals surface area (Å²) in [6.45, 7) is 1.94. The van der Waals surface area contributed by atoms with Gasteiger partial charge < -0.3 is 24.4 Å². The van der Waals surface area contributed by atoms with Gasteiger partial charge in [-0.1, -0.05) is 18.2 Å². The van der Waals surface area contributed by atoms with E-state index in [0.717, 1.165) is 11.5 Å². The van der Waals surface area contributed by atoms with Gasteiger partial charge in [0.1, 0.15) is 24.7 Å². The molecule has 0 atom stereocenters. The van der Waals surface area contributed by atoms with Crippen LogP contribution in [-0.4, -0.2) is 51.5 Å². The Morgan fingerprint density at radius 1 is 0.920 bits per heavy atom. The molecule has 6 heteroatoms. The number of rotatable bonds is 9. The number of nitrogens with zero attached hydrogens (tertiary/aromatic N) is 1. The van der Waals surface area contributed by atoms with Crippen molar-refractivity contribution in [2.75, 3.05) is 45.8 Å².